The van der Waals surface area contributed by atoms with E-state index in [1.54, 1.807) is 0 Å². The van der Waals surface area contributed by atoms with Gasteiger partial charge in [-0.1, -0.05) is 53.7 Å². The molecule has 6 rings (SSSR count). The Bertz CT molecular complexity index is 994. The highest BCUT2D eigenvalue weighted by Gasteiger charge is 2.68. The van der Waals surface area contributed by atoms with Gasteiger partial charge >= 0.3 is 5.97 Å². The summed E-state index contributed by atoms with van der Waals surface area (Å²) in [6.45, 7) is 14.1. The van der Waals surface area contributed by atoms with Gasteiger partial charge in [-0.05, 0) is 89.6 Å². The van der Waals surface area contributed by atoms with E-state index < -0.39 is 5.41 Å². The number of fused-ring (bicyclic) bond motifs is 6. The third-order valence-electron chi connectivity index (χ3n) is 12.5. The summed E-state index contributed by atoms with van der Waals surface area (Å²) in [6.07, 6.45) is 11.2. The second kappa shape index (κ2) is 6.79. The first-order chi connectivity index (χ1) is 15.8. The van der Waals surface area contributed by atoms with Crippen molar-refractivity contribution in [1.29, 1.82) is 0 Å². The molecule has 4 nitrogen and oxygen atoms in total. The van der Waals surface area contributed by atoms with Crippen LogP contribution >= 0.6 is 0 Å². The average molecular weight is 469 g/mol. The Labute approximate surface area is 205 Å². The number of rotatable bonds is 1. The Kier molecular flexibility index (Phi) is 4.65. The largest absolute Gasteiger partial charge is 0.461 e. The van der Waals surface area contributed by atoms with E-state index >= 15 is 0 Å². The Balaban J connectivity index is 1.50. The van der Waals surface area contributed by atoms with E-state index in [0.29, 0.717) is 23.7 Å². The van der Waals surface area contributed by atoms with Gasteiger partial charge < -0.3 is 14.9 Å². The number of carbonyl (C=O) groups excluding carboxylic acids is 1. The summed E-state index contributed by atoms with van der Waals surface area (Å²) in [5.74, 6) is 1.81. The fourth-order valence-electron chi connectivity index (χ4n) is 10.7. The van der Waals surface area contributed by atoms with E-state index in [1.165, 1.54) is 17.6 Å². The van der Waals surface area contributed by atoms with Crippen molar-refractivity contribution >= 4 is 5.97 Å². The molecule has 4 heteroatoms. The highest BCUT2D eigenvalue weighted by Crippen LogP contribution is 2.72. The molecular weight excluding hydrogens is 424 g/mol. The predicted octanol–water partition coefficient (Wildman–Crippen LogP) is 5.43. The lowest BCUT2D eigenvalue weighted by molar-refractivity contribution is -0.172. The summed E-state index contributed by atoms with van der Waals surface area (Å²) in [7, 11) is 0. The van der Waals surface area contributed by atoms with Gasteiger partial charge in [0.1, 0.15) is 6.10 Å². The molecule has 6 aliphatic rings. The topological polar surface area (TPSA) is 66.8 Å². The van der Waals surface area contributed by atoms with E-state index in [9.17, 15) is 15.0 Å². The van der Waals surface area contributed by atoms with Crippen LogP contribution in [0.4, 0.5) is 0 Å². The molecule has 2 bridgehead atoms. The van der Waals surface area contributed by atoms with Gasteiger partial charge in [0.15, 0.2) is 0 Å². The van der Waals surface area contributed by atoms with Gasteiger partial charge in [0.05, 0.1) is 18.1 Å². The highest BCUT2D eigenvalue weighted by molar-refractivity contribution is 5.85. The molecule has 4 fully saturated rings. The molecule has 1 heterocycles. The molecule has 0 aromatic rings. The van der Waals surface area contributed by atoms with E-state index in [0.717, 1.165) is 38.5 Å². The van der Waals surface area contributed by atoms with Crippen molar-refractivity contribution in [1.82, 2.24) is 0 Å². The maximum absolute atomic E-state index is 13.4. The van der Waals surface area contributed by atoms with Crippen LogP contribution in [0.3, 0.4) is 0 Å². The number of aliphatic hydroxyl groups is 2. The second-order valence-corrected chi connectivity index (χ2v) is 14.6. The van der Waals surface area contributed by atoms with Crippen molar-refractivity contribution in [2.75, 3.05) is 6.61 Å². The minimum Gasteiger partial charge on any atom is -0.461 e. The minimum absolute atomic E-state index is 0.0400. The lowest BCUT2D eigenvalue weighted by atomic mass is 9.37. The molecule has 1 saturated heterocycles. The predicted molar refractivity (Wildman–Crippen MR) is 132 cm³/mol. The van der Waals surface area contributed by atoms with Gasteiger partial charge in [-0.25, -0.2) is 0 Å². The van der Waals surface area contributed by atoms with Crippen LogP contribution in [0.25, 0.3) is 0 Å². The number of aliphatic hydroxyl groups excluding tert-OH is 2. The monoisotopic (exact) mass is 468 g/mol. The minimum atomic E-state index is -0.476. The van der Waals surface area contributed by atoms with E-state index in [2.05, 4.69) is 53.7 Å². The molecular formula is C30H44O4. The van der Waals surface area contributed by atoms with Crippen molar-refractivity contribution in [3.63, 3.8) is 0 Å². The molecule has 10 unspecified atom stereocenters. The van der Waals surface area contributed by atoms with Gasteiger partial charge in [0.2, 0.25) is 0 Å². The summed E-state index contributed by atoms with van der Waals surface area (Å²) in [4.78, 5) is 13.4. The van der Waals surface area contributed by atoms with E-state index in [4.69, 9.17) is 4.74 Å². The SMILES string of the molecule is CC1CC23CC(OC2=O)C(C)(CO)CC3=C2C=CC3C(C)(CCC4C(C)(C)C(O)CCC43C)C21. The van der Waals surface area contributed by atoms with Gasteiger partial charge in [0, 0.05) is 11.8 Å². The first-order valence-corrected chi connectivity index (χ1v) is 13.8. The number of allylic oxidation sites excluding steroid dienone is 3. The summed E-state index contributed by atoms with van der Waals surface area (Å²) in [5, 5.41) is 21.2. The molecule has 0 aromatic heterocycles. The average Bonchev–Trinajstić information content (AvgIpc) is 3.05. The molecule has 0 radical (unpaired) electrons. The maximum Gasteiger partial charge on any atom is 0.316 e. The number of ether oxygens (including phenoxy) is 1. The fraction of sp³-hybridized carbons (Fsp3) is 0.833. The third kappa shape index (κ3) is 2.55. The van der Waals surface area contributed by atoms with Gasteiger partial charge in [-0.2, -0.15) is 0 Å². The van der Waals surface area contributed by atoms with Gasteiger partial charge in [0.25, 0.3) is 0 Å². The number of esters is 1. The lowest BCUT2D eigenvalue weighted by Crippen LogP contribution is -2.61. The third-order valence-corrected chi connectivity index (χ3v) is 12.5. The van der Waals surface area contributed by atoms with Crippen molar-refractivity contribution in [2.24, 2.45) is 50.7 Å². The van der Waals surface area contributed by atoms with Crippen LogP contribution < -0.4 is 0 Å². The quantitative estimate of drug-likeness (QED) is 0.504. The zero-order valence-corrected chi connectivity index (χ0v) is 22.0. The smallest absolute Gasteiger partial charge is 0.316 e. The van der Waals surface area contributed by atoms with Crippen LogP contribution in [-0.4, -0.2) is 35.0 Å². The van der Waals surface area contributed by atoms with Crippen LogP contribution in [-0.2, 0) is 9.53 Å². The second-order valence-electron chi connectivity index (χ2n) is 14.6. The molecule has 5 aliphatic carbocycles. The summed E-state index contributed by atoms with van der Waals surface area (Å²) in [6, 6.07) is 0. The van der Waals surface area contributed by atoms with Crippen LogP contribution in [0.2, 0.25) is 0 Å². The molecule has 3 saturated carbocycles. The van der Waals surface area contributed by atoms with Crippen LogP contribution in [0, 0.1) is 50.7 Å². The number of carbonyl (C=O) groups is 1. The Morgan fingerprint density at radius 2 is 1.76 bits per heavy atom. The van der Waals surface area contributed by atoms with Crippen molar-refractivity contribution in [3.8, 4) is 0 Å². The Hall–Kier alpha value is -1.13. The summed E-state index contributed by atoms with van der Waals surface area (Å²) < 4.78 is 5.95. The Morgan fingerprint density at radius 3 is 2.47 bits per heavy atom. The molecule has 2 N–H and O–H groups in total. The Morgan fingerprint density at radius 1 is 1.06 bits per heavy atom. The van der Waals surface area contributed by atoms with Crippen molar-refractivity contribution < 1.29 is 19.7 Å². The zero-order valence-electron chi connectivity index (χ0n) is 22.0. The number of hydrogen-bond acceptors (Lipinski definition) is 4. The standard InChI is InChI=1S/C30H44O4/c1-17-13-30-15-23(34-25(30)33)27(4,16-31)14-19(30)18-7-8-21-28(5)12-10-22(32)26(2,3)20(28)9-11-29(21,6)24(17)18/h7-8,17,20-24,31-32H,9-16H2,1-6H3. The van der Waals surface area contributed by atoms with Crippen LogP contribution in [0.5, 0.6) is 0 Å². The molecule has 188 valence electrons. The van der Waals surface area contributed by atoms with Crippen LogP contribution in [0.15, 0.2) is 23.3 Å². The molecule has 1 spiro atoms. The lowest BCUT2D eigenvalue weighted by Gasteiger charge is -2.67. The molecule has 0 amide bonds. The van der Waals surface area contributed by atoms with E-state index in [1.807, 2.05) is 0 Å². The van der Waals surface area contributed by atoms with E-state index in [-0.39, 0.29) is 46.4 Å². The fourth-order valence-corrected chi connectivity index (χ4v) is 10.7. The molecule has 1 aliphatic heterocycles. The maximum atomic E-state index is 13.4. The molecule has 34 heavy (non-hydrogen) atoms. The zero-order chi connectivity index (χ0) is 24.5. The highest BCUT2D eigenvalue weighted by atomic mass is 16.6. The van der Waals surface area contributed by atoms with Crippen molar-refractivity contribution in [2.45, 2.75) is 98.7 Å². The molecule has 0 aromatic carbocycles. The summed E-state index contributed by atoms with van der Waals surface area (Å²) in [5.41, 5.74) is 2.09. The first-order valence-electron chi connectivity index (χ1n) is 13.8. The normalized spacial score (nSPS) is 55.1. The summed E-state index contributed by atoms with van der Waals surface area (Å²) >= 11 is 0. The van der Waals surface area contributed by atoms with Crippen LogP contribution in [0.1, 0.15) is 86.5 Å². The van der Waals surface area contributed by atoms with Gasteiger partial charge in [-0.3, -0.25) is 4.79 Å². The first kappa shape index (κ1) is 23.3. The van der Waals surface area contributed by atoms with Gasteiger partial charge in [-0.15, -0.1) is 0 Å². The molecule has 10 atom stereocenters. The number of hydrogen-bond donors (Lipinski definition) is 2. The van der Waals surface area contributed by atoms with Crippen molar-refractivity contribution in [3.05, 3.63) is 23.3 Å².